The van der Waals surface area contributed by atoms with Crippen LogP contribution in [0.3, 0.4) is 0 Å². The van der Waals surface area contributed by atoms with Crippen molar-refractivity contribution in [2.75, 3.05) is 5.73 Å². The van der Waals surface area contributed by atoms with Gasteiger partial charge >= 0.3 is 6.01 Å². The number of halogens is 2. The molecule has 0 bridgehead atoms. The Morgan fingerprint density at radius 2 is 1.55 bits per heavy atom. The van der Waals surface area contributed by atoms with E-state index >= 15 is 0 Å². The SMILES string of the molecule is Nc1ccc(-c2cnc(Oc3ccc(F)c(F)c3)nc2)cn1. The summed E-state index contributed by atoms with van der Waals surface area (Å²) in [5.74, 6) is -1.41. The van der Waals surface area contributed by atoms with Crippen LogP contribution in [0.25, 0.3) is 11.1 Å². The number of nitrogens with two attached hydrogens (primary N) is 1. The summed E-state index contributed by atoms with van der Waals surface area (Å²) in [5.41, 5.74) is 7.04. The van der Waals surface area contributed by atoms with Gasteiger partial charge in [0, 0.05) is 35.8 Å². The van der Waals surface area contributed by atoms with Gasteiger partial charge < -0.3 is 10.5 Å². The molecule has 0 fully saturated rings. The third-order valence-corrected chi connectivity index (χ3v) is 2.85. The van der Waals surface area contributed by atoms with Gasteiger partial charge in [0.1, 0.15) is 11.6 Å². The average Bonchev–Trinajstić information content (AvgIpc) is 2.53. The molecule has 3 aromatic rings. The van der Waals surface area contributed by atoms with Crippen molar-refractivity contribution in [2.24, 2.45) is 0 Å². The summed E-state index contributed by atoms with van der Waals surface area (Å²) in [6.07, 6.45) is 4.68. The molecular formula is C15H10F2N4O. The molecule has 1 aromatic carbocycles. The van der Waals surface area contributed by atoms with Gasteiger partial charge in [-0.25, -0.2) is 23.7 Å². The highest BCUT2D eigenvalue weighted by Crippen LogP contribution is 2.22. The quantitative estimate of drug-likeness (QED) is 0.804. The van der Waals surface area contributed by atoms with E-state index in [9.17, 15) is 8.78 Å². The van der Waals surface area contributed by atoms with E-state index in [2.05, 4.69) is 15.0 Å². The first-order chi connectivity index (χ1) is 10.6. The molecule has 2 N–H and O–H groups in total. The molecule has 2 heterocycles. The number of aromatic nitrogens is 3. The van der Waals surface area contributed by atoms with Crippen molar-refractivity contribution in [3.05, 3.63) is 60.6 Å². The van der Waals surface area contributed by atoms with Gasteiger partial charge in [-0.3, -0.25) is 0 Å². The normalized spacial score (nSPS) is 10.5. The van der Waals surface area contributed by atoms with Crippen molar-refractivity contribution in [1.82, 2.24) is 15.0 Å². The molecule has 0 saturated carbocycles. The van der Waals surface area contributed by atoms with E-state index in [1.54, 1.807) is 18.3 Å². The van der Waals surface area contributed by atoms with Crippen LogP contribution in [0.1, 0.15) is 0 Å². The van der Waals surface area contributed by atoms with Crippen LogP contribution in [0, 0.1) is 11.6 Å². The predicted octanol–water partition coefficient (Wildman–Crippen LogP) is 3.19. The lowest BCUT2D eigenvalue weighted by molar-refractivity contribution is 0.431. The largest absolute Gasteiger partial charge is 0.424 e. The minimum absolute atomic E-state index is 0.0261. The van der Waals surface area contributed by atoms with Crippen molar-refractivity contribution in [3.8, 4) is 22.9 Å². The standard InChI is InChI=1S/C15H10F2N4O/c16-12-3-2-11(5-13(12)17)22-15-20-7-10(8-21-15)9-1-4-14(18)19-6-9/h1-8H,(H2,18,19). The number of rotatable bonds is 3. The van der Waals surface area contributed by atoms with Gasteiger partial charge in [0.15, 0.2) is 11.6 Å². The molecule has 0 aliphatic rings. The Morgan fingerprint density at radius 3 is 2.18 bits per heavy atom. The number of hydrogen-bond acceptors (Lipinski definition) is 5. The molecule has 3 rings (SSSR count). The fourth-order valence-corrected chi connectivity index (χ4v) is 1.74. The number of hydrogen-bond donors (Lipinski definition) is 1. The summed E-state index contributed by atoms with van der Waals surface area (Å²) < 4.78 is 31.2. The third kappa shape index (κ3) is 2.98. The van der Waals surface area contributed by atoms with E-state index < -0.39 is 11.6 Å². The molecule has 0 aliphatic heterocycles. The molecule has 5 nitrogen and oxygen atoms in total. The number of ether oxygens (including phenoxy) is 1. The van der Waals surface area contributed by atoms with Crippen LogP contribution in [-0.2, 0) is 0 Å². The average molecular weight is 300 g/mol. The van der Waals surface area contributed by atoms with Crippen LogP contribution in [0.2, 0.25) is 0 Å². The van der Waals surface area contributed by atoms with E-state index in [1.165, 1.54) is 18.5 Å². The first kappa shape index (κ1) is 13.9. The van der Waals surface area contributed by atoms with Crippen LogP contribution in [-0.4, -0.2) is 15.0 Å². The first-order valence-electron chi connectivity index (χ1n) is 6.29. The predicted molar refractivity (Wildman–Crippen MR) is 76.1 cm³/mol. The maximum Gasteiger partial charge on any atom is 0.321 e. The molecule has 0 atom stereocenters. The highest BCUT2D eigenvalue weighted by molar-refractivity contribution is 5.61. The Kier molecular flexibility index (Phi) is 3.61. The van der Waals surface area contributed by atoms with Gasteiger partial charge in [-0.15, -0.1) is 0 Å². The van der Waals surface area contributed by atoms with Crippen LogP contribution in [0.15, 0.2) is 48.9 Å². The van der Waals surface area contributed by atoms with E-state index in [0.717, 1.165) is 23.3 Å². The second-order valence-electron chi connectivity index (χ2n) is 4.40. The molecule has 7 heteroatoms. The molecule has 0 radical (unpaired) electrons. The minimum Gasteiger partial charge on any atom is -0.424 e. The Hall–Kier alpha value is -3.09. The van der Waals surface area contributed by atoms with Crippen molar-refractivity contribution in [1.29, 1.82) is 0 Å². The topological polar surface area (TPSA) is 73.9 Å². The highest BCUT2D eigenvalue weighted by atomic mass is 19.2. The van der Waals surface area contributed by atoms with Crippen molar-refractivity contribution >= 4 is 5.82 Å². The number of nitrogens with zero attached hydrogens (tertiary/aromatic N) is 3. The van der Waals surface area contributed by atoms with Crippen molar-refractivity contribution in [3.63, 3.8) is 0 Å². The lowest BCUT2D eigenvalue weighted by Gasteiger charge is -2.05. The zero-order valence-electron chi connectivity index (χ0n) is 11.2. The number of pyridine rings is 1. The summed E-state index contributed by atoms with van der Waals surface area (Å²) in [6.45, 7) is 0. The molecule has 0 aliphatic carbocycles. The van der Waals surface area contributed by atoms with Gasteiger partial charge in [0.2, 0.25) is 0 Å². The minimum atomic E-state index is -0.998. The summed E-state index contributed by atoms with van der Waals surface area (Å²) >= 11 is 0. The maximum absolute atomic E-state index is 13.1. The van der Waals surface area contributed by atoms with Crippen LogP contribution < -0.4 is 10.5 Å². The van der Waals surface area contributed by atoms with Gasteiger partial charge in [0.05, 0.1) is 0 Å². The number of nitrogen functional groups attached to an aromatic ring is 1. The zero-order chi connectivity index (χ0) is 15.5. The van der Waals surface area contributed by atoms with Crippen LogP contribution in [0.5, 0.6) is 11.8 Å². The smallest absolute Gasteiger partial charge is 0.321 e. The summed E-state index contributed by atoms with van der Waals surface area (Å²) in [7, 11) is 0. The monoisotopic (exact) mass is 300 g/mol. The lowest BCUT2D eigenvalue weighted by Crippen LogP contribution is -1.94. The van der Waals surface area contributed by atoms with Gasteiger partial charge in [0.25, 0.3) is 0 Å². The Balaban J connectivity index is 1.79. The Bertz CT molecular complexity index is 792. The molecule has 2 aromatic heterocycles. The fourth-order valence-electron chi connectivity index (χ4n) is 1.74. The Morgan fingerprint density at radius 1 is 0.818 bits per heavy atom. The summed E-state index contributed by atoms with van der Waals surface area (Å²) in [5, 5.41) is 0. The highest BCUT2D eigenvalue weighted by Gasteiger charge is 2.06. The molecule has 0 spiro atoms. The van der Waals surface area contributed by atoms with E-state index in [4.69, 9.17) is 10.5 Å². The molecule has 22 heavy (non-hydrogen) atoms. The van der Waals surface area contributed by atoms with Crippen molar-refractivity contribution in [2.45, 2.75) is 0 Å². The molecular weight excluding hydrogens is 290 g/mol. The number of benzene rings is 1. The zero-order valence-corrected chi connectivity index (χ0v) is 11.2. The summed E-state index contributed by atoms with van der Waals surface area (Å²) in [6, 6.07) is 6.67. The second-order valence-corrected chi connectivity index (χ2v) is 4.40. The van der Waals surface area contributed by atoms with Gasteiger partial charge in [-0.05, 0) is 24.3 Å². The van der Waals surface area contributed by atoms with Crippen molar-refractivity contribution < 1.29 is 13.5 Å². The van der Waals surface area contributed by atoms with E-state index in [1.807, 2.05) is 0 Å². The molecule has 0 amide bonds. The van der Waals surface area contributed by atoms with Gasteiger partial charge in [-0.1, -0.05) is 0 Å². The second kappa shape index (κ2) is 5.72. The van der Waals surface area contributed by atoms with E-state index in [-0.39, 0.29) is 11.8 Å². The molecule has 0 unspecified atom stereocenters. The number of anilines is 1. The molecule has 0 saturated heterocycles. The fraction of sp³-hybridized carbons (Fsp3) is 0. The Labute approximate surface area is 124 Å². The lowest BCUT2D eigenvalue weighted by atomic mass is 10.1. The van der Waals surface area contributed by atoms with Crippen LogP contribution in [0.4, 0.5) is 14.6 Å². The van der Waals surface area contributed by atoms with Crippen LogP contribution >= 0.6 is 0 Å². The maximum atomic E-state index is 13.1. The van der Waals surface area contributed by atoms with Gasteiger partial charge in [-0.2, -0.15) is 0 Å². The third-order valence-electron chi connectivity index (χ3n) is 2.85. The van der Waals surface area contributed by atoms with E-state index in [0.29, 0.717) is 5.82 Å². The first-order valence-corrected chi connectivity index (χ1v) is 6.29. The summed E-state index contributed by atoms with van der Waals surface area (Å²) in [4.78, 5) is 12.0. The molecule has 110 valence electrons.